The van der Waals surface area contributed by atoms with Crippen molar-refractivity contribution >= 4 is 17.3 Å². The van der Waals surface area contributed by atoms with Crippen molar-refractivity contribution in [2.75, 3.05) is 18.4 Å². The Morgan fingerprint density at radius 3 is 2.64 bits per heavy atom. The summed E-state index contributed by atoms with van der Waals surface area (Å²) in [5.74, 6) is -0.186. The highest BCUT2D eigenvalue weighted by molar-refractivity contribution is 5.77. The summed E-state index contributed by atoms with van der Waals surface area (Å²) < 4.78 is 0. The highest BCUT2D eigenvalue weighted by Crippen LogP contribution is 2.32. The number of rotatable bonds is 7. The minimum atomic E-state index is -0.851. The van der Waals surface area contributed by atoms with Crippen molar-refractivity contribution in [2.45, 2.75) is 37.7 Å². The van der Waals surface area contributed by atoms with E-state index in [1.54, 1.807) is 18.2 Å². The van der Waals surface area contributed by atoms with Crippen LogP contribution in [0.4, 0.5) is 11.4 Å². The maximum absolute atomic E-state index is 11.8. The number of nitrogens with one attached hydrogen (secondary N) is 2. The third kappa shape index (κ3) is 4.42. The molecule has 0 unspecified atom stereocenters. The molecule has 1 aliphatic rings. The molecule has 0 spiro atoms. The molecular formula is C15H21N3O4. The molecule has 1 saturated carbocycles. The molecule has 7 heteroatoms. The van der Waals surface area contributed by atoms with Crippen LogP contribution in [-0.2, 0) is 4.79 Å². The van der Waals surface area contributed by atoms with Gasteiger partial charge in [-0.25, -0.2) is 0 Å². The summed E-state index contributed by atoms with van der Waals surface area (Å²) in [6.45, 7) is 0.732. The highest BCUT2D eigenvalue weighted by atomic mass is 16.6. The number of amides is 1. The molecule has 1 aromatic rings. The molecule has 0 aromatic heterocycles. The summed E-state index contributed by atoms with van der Waals surface area (Å²) in [5.41, 5.74) is -0.416. The minimum Gasteiger partial charge on any atom is -0.389 e. The van der Waals surface area contributed by atoms with Crippen LogP contribution in [0.25, 0.3) is 0 Å². The van der Waals surface area contributed by atoms with Crippen LogP contribution in [0.3, 0.4) is 0 Å². The summed E-state index contributed by atoms with van der Waals surface area (Å²) in [7, 11) is 0. The van der Waals surface area contributed by atoms with E-state index in [1.807, 2.05) is 0 Å². The molecule has 1 aromatic carbocycles. The Labute approximate surface area is 128 Å². The number of hydrogen-bond acceptors (Lipinski definition) is 5. The van der Waals surface area contributed by atoms with Crippen LogP contribution in [0.5, 0.6) is 0 Å². The van der Waals surface area contributed by atoms with Crippen LogP contribution in [-0.4, -0.2) is 34.6 Å². The number of nitrogens with zero attached hydrogens (tertiary/aromatic N) is 1. The number of carbonyl (C=O) groups is 1. The molecule has 1 fully saturated rings. The first kappa shape index (κ1) is 16.2. The zero-order valence-corrected chi connectivity index (χ0v) is 12.4. The van der Waals surface area contributed by atoms with Crippen molar-refractivity contribution in [1.29, 1.82) is 0 Å². The van der Waals surface area contributed by atoms with E-state index in [0.29, 0.717) is 31.6 Å². The molecule has 0 bridgehead atoms. The number of benzene rings is 1. The molecule has 1 amide bonds. The van der Waals surface area contributed by atoms with Crippen LogP contribution < -0.4 is 10.6 Å². The lowest BCUT2D eigenvalue weighted by Crippen LogP contribution is -2.36. The van der Waals surface area contributed by atoms with Gasteiger partial charge in [0.1, 0.15) is 5.69 Å². The van der Waals surface area contributed by atoms with Gasteiger partial charge in [0.15, 0.2) is 0 Å². The average molecular weight is 307 g/mol. The van der Waals surface area contributed by atoms with Crippen molar-refractivity contribution in [3.63, 3.8) is 0 Å². The Morgan fingerprint density at radius 2 is 1.95 bits per heavy atom. The molecule has 2 rings (SSSR count). The van der Waals surface area contributed by atoms with Crippen molar-refractivity contribution < 1.29 is 14.8 Å². The molecule has 0 radical (unpaired) electrons. The first-order valence-corrected chi connectivity index (χ1v) is 7.47. The first-order valence-electron chi connectivity index (χ1n) is 7.47. The van der Waals surface area contributed by atoms with Gasteiger partial charge in [0.25, 0.3) is 5.69 Å². The Balaban J connectivity index is 1.73. The van der Waals surface area contributed by atoms with Crippen LogP contribution in [0.15, 0.2) is 24.3 Å². The predicted molar refractivity (Wildman–Crippen MR) is 82.6 cm³/mol. The second-order valence-corrected chi connectivity index (χ2v) is 5.66. The van der Waals surface area contributed by atoms with E-state index in [9.17, 15) is 20.0 Å². The topological polar surface area (TPSA) is 104 Å². The Kier molecular flexibility index (Phi) is 5.32. The number of nitro groups is 1. The van der Waals surface area contributed by atoms with E-state index < -0.39 is 10.5 Å². The van der Waals surface area contributed by atoms with Gasteiger partial charge < -0.3 is 15.7 Å². The number of nitro benzene ring substituents is 1. The fourth-order valence-corrected chi connectivity index (χ4v) is 2.75. The fraction of sp³-hybridized carbons (Fsp3) is 0.533. The zero-order chi connectivity index (χ0) is 16.0. The van der Waals surface area contributed by atoms with Gasteiger partial charge in [-0.05, 0) is 18.9 Å². The smallest absolute Gasteiger partial charge is 0.292 e. The summed E-state index contributed by atoms with van der Waals surface area (Å²) in [4.78, 5) is 22.2. The summed E-state index contributed by atoms with van der Waals surface area (Å²) in [6.07, 6.45) is 3.40. The Hall–Kier alpha value is -2.15. The van der Waals surface area contributed by atoms with Gasteiger partial charge >= 0.3 is 0 Å². The Morgan fingerprint density at radius 1 is 1.27 bits per heavy atom. The second-order valence-electron chi connectivity index (χ2n) is 5.66. The zero-order valence-electron chi connectivity index (χ0n) is 12.4. The third-order valence-corrected chi connectivity index (χ3v) is 3.89. The standard InChI is InChI=1S/C15H21N3O4/c19-14(11-15(20)7-3-4-8-15)17-10-9-16-12-5-1-2-6-13(12)18(21)22/h1-2,5-6,16,20H,3-4,7-11H2,(H,17,19). The number of hydrogen-bond donors (Lipinski definition) is 3. The molecular weight excluding hydrogens is 286 g/mol. The van der Waals surface area contributed by atoms with Crippen molar-refractivity contribution in [2.24, 2.45) is 0 Å². The van der Waals surface area contributed by atoms with E-state index >= 15 is 0 Å². The highest BCUT2D eigenvalue weighted by Gasteiger charge is 2.33. The number of aliphatic hydroxyl groups is 1. The average Bonchev–Trinajstić information content (AvgIpc) is 2.90. The van der Waals surface area contributed by atoms with E-state index in [-0.39, 0.29) is 18.0 Å². The van der Waals surface area contributed by atoms with Gasteiger partial charge in [-0.1, -0.05) is 25.0 Å². The van der Waals surface area contributed by atoms with E-state index in [2.05, 4.69) is 10.6 Å². The predicted octanol–water partition coefficient (Wildman–Crippen LogP) is 1.82. The summed E-state index contributed by atoms with van der Waals surface area (Å²) >= 11 is 0. The van der Waals surface area contributed by atoms with Gasteiger partial charge in [0.05, 0.1) is 16.9 Å². The summed E-state index contributed by atoms with van der Waals surface area (Å²) in [5, 5.41) is 26.7. The van der Waals surface area contributed by atoms with Crippen LogP contribution in [0.2, 0.25) is 0 Å². The van der Waals surface area contributed by atoms with Gasteiger partial charge in [-0.15, -0.1) is 0 Å². The quantitative estimate of drug-likeness (QED) is 0.405. The Bertz CT molecular complexity index is 541. The molecule has 1 aliphatic carbocycles. The van der Waals surface area contributed by atoms with Gasteiger partial charge in [0.2, 0.25) is 5.91 Å². The lowest BCUT2D eigenvalue weighted by atomic mass is 9.98. The largest absolute Gasteiger partial charge is 0.389 e. The molecule has 0 heterocycles. The maximum Gasteiger partial charge on any atom is 0.292 e. The minimum absolute atomic E-state index is 0.00842. The van der Waals surface area contributed by atoms with Gasteiger partial charge in [0, 0.05) is 19.2 Å². The first-order chi connectivity index (χ1) is 10.5. The number of anilines is 1. The molecule has 0 atom stereocenters. The van der Waals surface area contributed by atoms with E-state index in [1.165, 1.54) is 6.07 Å². The SMILES string of the molecule is O=C(CC1(O)CCCC1)NCCNc1ccccc1[N+](=O)[O-]. The molecule has 0 saturated heterocycles. The summed E-state index contributed by atoms with van der Waals surface area (Å²) in [6, 6.07) is 6.37. The number of carbonyl (C=O) groups excluding carboxylic acids is 1. The van der Waals surface area contributed by atoms with Gasteiger partial charge in [-0.2, -0.15) is 0 Å². The van der Waals surface area contributed by atoms with Crippen LogP contribution >= 0.6 is 0 Å². The normalized spacial score (nSPS) is 16.2. The van der Waals surface area contributed by atoms with Crippen LogP contribution in [0, 0.1) is 10.1 Å². The second kappa shape index (κ2) is 7.22. The van der Waals surface area contributed by atoms with Crippen molar-refractivity contribution in [1.82, 2.24) is 5.32 Å². The molecule has 120 valence electrons. The number of para-hydroxylation sites is 2. The lowest BCUT2D eigenvalue weighted by molar-refractivity contribution is -0.384. The lowest BCUT2D eigenvalue weighted by Gasteiger charge is -2.21. The molecule has 0 aliphatic heterocycles. The maximum atomic E-state index is 11.8. The van der Waals surface area contributed by atoms with Crippen molar-refractivity contribution in [3.8, 4) is 0 Å². The van der Waals surface area contributed by atoms with E-state index in [4.69, 9.17) is 0 Å². The molecule has 3 N–H and O–H groups in total. The fourth-order valence-electron chi connectivity index (χ4n) is 2.75. The van der Waals surface area contributed by atoms with E-state index in [0.717, 1.165) is 12.8 Å². The van der Waals surface area contributed by atoms with Crippen LogP contribution in [0.1, 0.15) is 32.1 Å². The monoisotopic (exact) mass is 307 g/mol. The third-order valence-electron chi connectivity index (χ3n) is 3.89. The molecule has 22 heavy (non-hydrogen) atoms. The van der Waals surface area contributed by atoms with Crippen molar-refractivity contribution in [3.05, 3.63) is 34.4 Å². The van der Waals surface area contributed by atoms with Gasteiger partial charge in [-0.3, -0.25) is 14.9 Å². The molecule has 7 nitrogen and oxygen atoms in total.